The van der Waals surface area contributed by atoms with E-state index in [1.807, 2.05) is 19.9 Å². The average molecular weight is 438 g/mol. The lowest BCUT2D eigenvalue weighted by Crippen LogP contribution is -2.43. The van der Waals surface area contributed by atoms with Crippen molar-refractivity contribution >= 4 is 11.8 Å². The Kier molecular flexibility index (Phi) is 5.82. The van der Waals surface area contributed by atoms with Gasteiger partial charge in [0.2, 0.25) is 0 Å². The molecule has 2 atom stereocenters. The quantitative estimate of drug-likeness (QED) is 0.392. The number of benzene rings is 2. The summed E-state index contributed by atoms with van der Waals surface area (Å²) in [7, 11) is 3.10. The molecule has 168 valence electrons. The molecule has 7 nitrogen and oxygen atoms in total. The molecule has 0 unspecified atom stereocenters. The smallest absolute Gasteiger partial charge is 0.308 e. The molecule has 0 radical (unpaired) electrons. The van der Waals surface area contributed by atoms with E-state index in [-0.39, 0.29) is 12.4 Å². The van der Waals surface area contributed by atoms with Crippen LogP contribution in [0.5, 0.6) is 28.7 Å². The number of ether oxygens (including phenoxy) is 5. The van der Waals surface area contributed by atoms with Gasteiger partial charge in [-0.15, -0.1) is 0 Å². The first-order chi connectivity index (χ1) is 15.3. The van der Waals surface area contributed by atoms with Crippen molar-refractivity contribution in [3.05, 3.63) is 52.6 Å². The minimum absolute atomic E-state index is 0.0687. The summed E-state index contributed by atoms with van der Waals surface area (Å²) in [4.78, 5) is 25.3. The van der Waals surface area contributed by atoms with Gasteiger partial charge in [0.15, 0.2) is 17.3 Å². The molecular weight excluding hydrogens is 412 g/mol. The largest absolute Gasteiger partial charge is 0.493 e. The molecule has 0 saturated carbocycles. The van der Waals surface area contributed by atoms with E-state index >= 15 is 0 Å². The summed E-state index contributed by atoms with van der Waals surface area (Å²) < 4.78 is 28.5. The Hall–Kier alpha value is -3.48. The molecular formula is C25H26O7. The summed E-state index contributed by atoms with van der Waals surface area (Å²) in [6, 6.07) is 6.82. The van der Waals surface area contributed by atoms with Gasteiger partial charge < -0.3 is 23.7 Å². The molecule has 2 aromatic carbocycles. The van der Waals surface area contributed by atoms with Crippen LogP contribution in [-0.4, -0.2) is 38.7 Å². The van der Waals surface area contributed by atoms with E-state index in [9.17, 15) is 9.59 Å². The lowest BCUT2D eigenvalue weighted by atomic mass is 9.81. The molecule has 4 rings (SSSR count). The highest BCUT2D eigenvalue weighted by Crippen LogP contribution is 2.48. The van der Waals surface area contributed by atoms with E-state index in [1.165, 1.54) is 6.92 Å². The van der Waals surface area contributed by atoms with Crippen molar-refractivity contribution in [1.29, 1.82) is 0 Å². The van der Waals surface area contributed by atoms with Gasteiger partial charge in [-0.25, -0.2) is 0 Å². The van der Waals surface area contributed by atoms with Gasteiger partial charge in [0.1, 0.15) is 30.0 Å². The molecule has 2 aliphatic heterocycles. The van der Waals surface area contributed by atoms with E-state index in [4.69, 9.17) is 23.7 Å². The van der Waals surface area contributed by atoms with E-state index in [1.54, 1.807) is 38.5 Å². The summed E-state index contributed by atoms with van der Waals surface area (Å²) in [6.45, 7) is 5.52. The number of Topliss-reactive ketones (excluding diaryl/α,β-unsaturated/α-hetero) is 1. The fourth-order valence-electron chi connectivity index (χ4n) is 4.13. The summed E-state index contributed by atoms with van der Waals surface area (Å²) in [5.41, 5.74) is 2.93. The highest BCUT2D eigenvalue weighted by Gasteiger charge is 2.44. The van der Waals surface area contributed by atoms with Crippen LogP contribution in [-0.2, 0) is 11.2 Å². The average Bonchev–Trinajstić information content (AvgIpc) is 2.76. The maximum absolute atomic E-state index is 13.7. The molecule has 0 bridgehead atoms. The molecule has 2 aliphatic rings. The number of hydrogen-bond acceptors (Lipinski definition) is 7. The SMILES string of the molecule is COc1cc2c(cc1OC)[C@@H]1C(=O)c3ccc(OC(C)=O)c(CC=C(C)C)c3O[C@@H]1CO2. The third kappa shape index (κ3) is 3.79. The Balaban J connectivity index is 1.82. The van der Waals surface area contributed by atoms with Gasteiger partial charge in [0.25, 0.3) is 0 Å². The molecule has 32 heavy (non-hydrogen) atoms. The van der Waals surface area contributed by atoms with Crippen LogP contribution >= 0.6 is 0 Å². The molecule has 0 aromatic heterocycles. The zero-order valence-electron chi connectivity index (χ0n) is 18.8. The molecule has 0 fully saturated rings. The van der Waals surface area contributed by atoms with Crippen molar-refractivity contribution in [2.75, 3.05) is 20.8 Å². The van der Waals surface area contributed by atoms with Gasteiger partial charge in [0.05, 0.1) is 25.7 Å². The van der Waals surface area contributed by atoms with Crippen LogP contribution in [0, 0.1) is 0 Å². The van der Waals surface area contributed by atoms with Crippen molar-refractivity contribution < 1.29 is 33.3 Å². The summed E-state index contributed by atoms with van der Waals surface area (Å²) in [5.74, 6) is 1.42. The van der Waals surface area contributed by atoms with Crippen molar-refractivity contribution in [3.63, 3.8) is 0 Å². The van der Waals surface area contributed by atoms with E-state index in [0.29, 0.717) is 51.9 Å². The number of hydrogen-bond donors (Lipinski definition) is 0. The topological polar surface area (TPSA) is 80.3 Å². The number of ketones is 1. The predicted octanol–water partition coefficient (Wildman–Crippen LogP) is 4.26. The third-order valence-electron chi connectivity index (χ3n) is 5.63. The molecule has 2 aromatic rings. The lowest BCUT2D eigenvalue weighted by Gasteiger charge is -2.38. The predicted molar refractivity (Wildman–Crippen MR) is 117 cm³/mol. The zero-order valence-corrected chi connectivity index (χ0v) is 18.8. The van der Waals surface area contributed by atoms with Crippen LogP contribution in [0.3, 0.4) is 0 Å². The molecule has 0 saturated heterocycles. The van der Waals surface area contributed by atoms with Crippen LogP contribution in [0.25, 0.3) is 0 Å². The maximum atomic E-state index is 13.7. The van der Waals surface area contributed by atoms with E-state index in [2.05, 4.69) is 0 Å². The summed E-state index contributed by atoms with van der Waals surface area (Å²) >= 11 is 0. The molecule has 0 N–H and O–H groups in total. The monoisotopic (exact) mass is 438 g/mol. The van der Waals surface area contributed by atoms with Crippen LogP contribution in [0.1, 0.15) is 48.2 Å². The first kappa shape index (κ1) is 21.7. The van der Waals surface area contributed by atoms with Gasteiger partial charge in [-0.05, 0) is 38.5 Å². The Morgan fingerprint density at radius 2 is 1.81 bits per heavy atom. The fraction of sp³-hybridized carbons (Fsp3) is 0.360. The standard InChI is InChI=1S/C25H26O7/c1-13(2)6-7-15-18(31-14(3)26)9-8-16-24(27)23-17-10-20(28-4)21(29-5)11-19(17)30-12-22(23)32-25(15)16/h6,8-11,22-23H,7,12H2,1-5H3/t22-,23+/m1/s1. The van der Waals surface area contributed by atoms with Gasteiger partial charge in [-0.2, -0.15) is 0 Å². The number of esters is 1. The normalized spacial score (nSPS) is 18.2. The lowest BCUT2D eigenvalue weighted by molar-refractivity contribution is -0.131. The minimum atomic E-state index is -0.540. The van der Waals surface area contributed by atoms with E-state index < -0.39 is 18.0 Å². The number of fused-ring (bicyclic) bond motifs is 4. The second-order valence-corrected chi connectivity index (χ2v) is 8.05. The Bertz CT molecular complexity index is 1110. The highest BCUT2D eigenvalue weighted by molar-refractivity contribution is 6.06. The third-order valence-corrected chi connectivity index (χ3v) is 5.63. The second-order valence-electron chi connectivity index (χ2n) is 8.05. The van der Waals surface area contributed by atoms with Crippen LogP contribution in [0.4, 0.5) is 0 Å². The highest BCUT2D eigenvalue weighted by atomic mass is 16.5. The first-order valence-corrected chi connectivity index (χ1v) is 10.4. The van der Waals surface area contributed by atoms with Crippen LogP contribution in [0.15, 0.2) is 35.9 Å². The summed E-state index contributed by atoms with van der Waals surface area (Å²) in [5, 5.41) is 0. The van der Waals surface area contributed by atoms with Gasteiger partial charge >= 0.3 is 5.97 Å². The minimum Gasteiger partial charge on any atom is -0.493 e. The Labute approximate surface area is 186 Å². The van der Waals surface area contributed by atoms with E-state index in [0.717, 1.165) is 5.57 Å². The molecule has 0 spiro atoms. The van der Waals surface area contributed by atoms with Crippen molar-refractivity contribution in [1.82, 2.24) is 0 Å². The Morgan fingerprint density at radius 1 is 1.09 bits per heavy atom. The van der Waals surface area contributed by atoms with Crippen molar-refractivity contribution in [2.24, 2.45) is 0 Å². The molecule has 0 amide bonds. The van der Waals surface area contributed by atoms with Gasteiger partial charge in [-0.3, -0.25) is 9.59 Å². The molecule has 0 aliphatic carbocycles. The fourth-order valence-corrected chi connectivity index (χ4v) is 4.13. The first-order valence-electron chi connectivity index (χ1n) is 10.4. The number of methoxy groups -OCH3 is 2. The van der Waals surface area contributed by atoms with Crippen LogP contribution in [0.2, 0.25) is 0 Å². The second kappa shape index (κ2) is 8.57. The van der Waals surface area contributed by atoms with Gasteiger partial charge in [0, 0.05) is 24.1 Å². The maximum Gasteiger partial charge on any atom is 0.308 e. The summed E-state index contributed by atoms with van der Waals surface area (Å²) in [6.07, 6.45) is 1.96. The number of carbonyl (C=O) groups excluding carboxylic acids is 2. The van der Waals surface area contributed by atoms with Crippen molar-refractivity contribution in [3.8, 4) is 28.7 Å². The zero-order chi connectivity index (χ0) is 23.0. The molecule has 7 heteroatoms. The van der Waals surface area contributed by atoms with Crippen molar-refractivity contribution in [2.45, 2.75) is 39.2 Å². The van der Waals surface area contributed by atoms with Crippen LogP contribution < -0.4 is 23.7 Å². The van der Waals surface area contributed by atoms with Gasteiger partial charge in [-0.1, -0.05) is 11.6 Å². The number of carbonyl (C=O) groups is 2. The number of allylic oxidation sites excluding steroid dienone is 2. The number of rotatable bonds is 5. The Morgan fingerprint density at radius 3 is 2.47 bits per heavy atom. The molecule has 2 heterocycles.